The molecule has 8 heteroatoms. The number of hydrogen-bond donors (Lipinski definition) is 3. The molecule has 0 saturated carbocycles. The Morgan fingerprint density at radius 2 is 1.80 bits per heavy atom. The van der Waals surface area contributed by atoms with Crippen LogP contribution in [-0.2, 0) is 0 Å². The van der Waals surface area contributed by atoms with E-state index in [4.69, 9.17) is 33.8 Å². The first-order chi connectivity index (χ1) is 11.8. The van der Waals surface area contributed by atoms with Crippen molar-refractivity contribution in [2.24, 2.45) is 16.5 Å². The van der Waals surface area contributed by atoms with Crippen molar-refractivity contribution in [3.8, 4) is 5.75 Å². The van der Waals surface area contributed by atoms with Gasteiger partial charge in [-0.15, -0.1) is 0 Å². The Kier molecular flexibility index (Phi) is 5.76. The number of thiocarbonyl (C=S) groups is 1. The molecule has 0 bridgehead atoms. The molecule has 5 N–H and O–H groups in total. The zero-order chi connectivity index (χ0) is 18.6. The highest BCUT2D eigenvalue weighted by atomic mass is 32.1. The number of nitrogens with one attached hydrogen (secondary N) is 1. The third kappa shape index (κ3) is 4.57. The van der Waals surface area contributed by atoms with Crippen LogP contribution in [0.3, 0.4) is 0 Å². The van der Waals surface area contributed by atoms with Crippen molar-refractivity contribution in [3.05, 3.63) is 64.7 Å². The minimum atomic E-state index is -1.06. The second-order valence-electron chi connectivity index (χ2n) is 5.19. The Balaban J connectivity index is 2.10. The summed E-state index contributed by atoms with van der Waals surface area (Å²) >= 11 is 5.05. The molecule has 0 radical (unpaired) electrons. The maximum absolute atomic E-state index is 14.1. The lowest BCUT2D eigenvalue weighted by Gasteiger charge is -2.10. The maximum Gasteiger partial charge on any atom is 0.178 e. The second-order valence-corrected chi connectivity index (χ2v) is 5.66. The SMILES string of the molecule is Cc1ccc(C(N)=NC(=S)COc2ccc(F)c(C(=N)N)c2F)cc1. The highest BCUT2D eigenvalue weighted by molar-refractivity contribution is 7.80. The number of amidine groups is 2. The van der Waals surface area contributed by atoms with Crippen LogP contribution in [0, 0.1) is 24.0 Å². The molecule has 130 valence electrons. The number of aryl methyl sites for hydroxylation is 1. The summed E-state index contributed by atoms with van der Waals surface area (Å²) in [5.74, 6) is -2.81. The summed E-state index contributed by atoms with van der Waals surface area (Å²) in [6.45, 7) is 1.71. The molecule has 2 rings (SSSR count). The second kappa shape index (κ2) is 7.80. The van der Waals surface area contributed by atoms with E-state index in [2.05, 4.69) is 4.99 Å². The number of halogens is 2. The van der Waals surface area contributed by atoms with Gasteiger partial charge in [-0.1, -0.05) is 42.0 Å². The monoisotopic (exact) mass is 362 g/mol. The van der Waals surface area contributed by atoms with Gasteiger partial charge in [-0.2, -0.15) is 0 Å². The van der Waals surface area contributed by atoms with Gasteiger partial charge in [0.15, 0.2) is 11.6 Å². The van der Waals surface area contributed by atoms with E-state index in [0.29, 0.717) is 5.56 Å². The number of hydrogen-bond acceptors (Lipinski definition) is 3. The van der Waals surface area contributed by atoms with Crippen molar-refractivity contribution >= 4 is 28.9 Å². The number of rotatable bonds is 5. The highest BCUT2D eigenvalue weighted by Gasteiger charge is 2.17. The van der Waals surface area contributed by atoms with Crippen LogP contribution in [0.15, 0.2) is 41.4 Å². The van der Waals surface area contributed by atoms with Crippen molar-refractivity contribution in [1.29, 1.82) is 5.41 Å². The zero-order valence-electron chi connectivity index (χ0n) is 13.3. The van der Waals surface area contributed by atoms with Gasteiger partial charge in [0.05, 0.1) is 5.56 Å². The van der Waals surface area contributed by atoms with E-state index in [1.54, 1.807) is 12.1 Å². The van der Waals surface area contributed by atoms with Crippen LogP contribution < -0.4 is 16.2 Å². The van der Waals surface area contributed by atoms with Crippen molar-refractivity contribution in [1.82, 2.24) is 0 Å². The molecule has 0 aliphatic carbocycles. The number of aliphatic imine (C=N–C) groups is 1. The van der Waals surface area contributed by atoms with Gasteiger partial charge in [0.2, 0.25) is 0 Å². The molecule has 0 heterocycles. The predicted octanol–water partition coefficient (Wildman–Crippen LogP) is 2.67. The normalized spacial score (nSPS) is 11.2. The molecule has 0 spiro atoms. The molecule has 25 heavy (non-hydrogen) atoms. The van der Waals surface area contributed by atoms with E-state index in [1.807, 2.05) is 19.1 Å². The van der Waals surface area contributed by atoms with Crippen LogP contribution in [-0.4, -0.2) is 23.3 Å². The fourth-order valence-corrected chi connectivity index (χ4v) is 2.14. The van der Waals surface area contributed by atoms with Gasteiger partial charge in [0.1, 0.15) is 29.1 Å². The molecule has 0 atom stereocenters. The van der Waals surface area contributed by atoms with Crippen LogP contribution in [0.1, 0.15) is 16.7 Å². The molecule has 2 aromatic carbocycles. The van der Waals surface area contributed by atoms with Crippen molar-refractivity contribution < 1.29 is 13.5 Å². The summed E-state index contributed by atoms with van der Waals surface area (Å²) in [5, 5.41) is 7.21. The van der Waals surface area contributed by atoms with Gasteiger partial charge < -0.3 is 16.2 Å². The average molecular weight is 362 g/mol. The predicted molar refractivity (Wildman–Crippen MR) is 97.4 cm³/mol. The van der Waals surface area contributed by atoms with Crippen LogP contribution >= 0.6 is 12.2 Å². The lowest BCUT2D eigenvalue weighted by molar-refractivity contribution is 0.352. The maximum atomic E-state index is 14.1. The lowest BCUT2D eigenvalue weighted by atomic mass is 10.1. The van der Waals surface area contributed by atoms with E-state index in [9.17, 15) is 8.78 Å². The van der Waals surface area contributed by atoms with Gasteiger partial charge in [0.25, 0.3) is 0 Å². The summed E-state index contributed by atoms with van der Waals surface area (Å²) in [7, 11) is 0. The first-order valence-corrected chi connectivity index (χ1v) is 7.59. The molecular formula is C17H16F2N4OS. The van der Waals surface area contributed by atoms with Crippen LogP contribution in [0.2, 0.25) is 0 Å². The van der Waals surface area contributed by atoms with Crippen LogP contribution in [0.5, 0.6) is 5.75 Å². The Bertz CT molecular complexity index is 850. The molecule has 0 amide bonds. The molecular weight excluding hydrogens is 346 g/mol. The van der Waals surface area contributed by atoms with Crippen molar-refractivity contribution in [2.75, 3.05) is 6.61 Å². The van der Waals surface area contributed by atoms with Crippen LogP contribution in [0.4, 0.5) is 8.78 Å². The summed E-state index contributed by atoms with van der Waals surface area (Å²) in [6.07, 6.45) is 0. The Hall–Kier alpha value is -2.87. The van der Waals surface area contributed by atoms with Gasteiger partial charge in [-0.3, -0.25) is 5.41 Å². The fraction of sp³-hybridized carbons (Fsp3) is 0.118. The summed E-state index contributed by atoms with van der Waals surface area (Å²) < 4.78 is 32.8. The number of ether oxygens (including phenoxy) is 1. The summed E-state index contributed by atoms with van der Waals surface area (Å²) in [6, 6.07) is 9.42. The molecule has 2 aromatic rings. The summed E-state index contributed by atoms with van der Waals surface area (Å²) in [4.78, 5) is 4.12. The van der Waals surface area contributed by atoms with E-state index in [0.717, 1.165) is 17.7 Å². The fourth-order valence-electron chi connectivity index (χ4n) is 1.99. The lowest BCUT2D eigenvalue weighted by Crippen LogP contribution is -2.19. The Morgan fingerprint density at radius 1 is 1.16 bits per heavy atom. The molecule has 0 aliphatic rings. The smallest absolute Gasteiger partial charge is 0.178 e. The van der Waals surface area contributed by atoms with Gasteiger partial charge in [0, 0.05) is 5.56 Å². The largest absolute Gasteiger partial charge is 0.483 e. The topological polar surface area (TPSA) is 97.5 Å². The minimum Gasteiger partial charge on any atom is -0.483 e. The third-order valence-corrected chi connectivity index (χ3v) is 3.48. The molecule has 0 unspecified atom stereocenters. The van der Waals surface area contributed by atoms with Crippen LogP contribution in [0.25, 0.3) is 0 Å². The Labute approximate surface area is 148 Å². The molecule has 0 saturated heterocycles. The van der Waals surface area contributed by atoms with E-state index >= 15 is 0 Å². The number of nitrogens with zero attached hydrogens (tertiary/aromatic N) is 1. The standard InChI is InChI=1S/C17H16F2N4OS/c1-9-2-4-10(5-3-9)17(22)23-13(25)8-24-12-7-6-11(18)14(15(12)19)16(20)21/h2-7H,8H2,1H3,(H3,20,21)(H2,22,23,25). The van der Waals surface area contributed by atoms with Gasteiger partial charge in [-0.05, 0) is 19.1 Å². The first kappa shape index (κ1) is 18.5. The van der Waals surface area contributed by atoms with E-state index in [-0.39, 0.29) is 23.2 Å². The number of benzene rings is 2. The third-order valence-electron chi connectivity index (χ3n) is 3.27. The Morgan fingerprint density at radius 3 is 2.40 bits per heavy atom. The van der Waals surface area contributed by atoms with Crippen molar-refractivity contribution in [2.45, 2.75) is 6.92 Å². The zero-order valence-corrected chi connectivity index (χ0v) is 14.2. The van der Waals surface area contributed by atoms with E-state index in [1.165, 1.54) is 0 Å². The molecule has 0 aliphatic heterocycles. The van der Waals surface area contributed by atoms with E-state index < -0.39 is 23.0 Å². The quantitative estimate of drug-likeness (QED) is 0.433. The first-order valence-electron chi connectivity index (χ1n) is 7.19. The molecule has 0 aromatic heterocycles. The van der Waals surface area contributed by atoms with Crippen molar-refractivity contribution in [3.63, 3.8) is 0 Å². The number of nitrogen functional groups attached to an aromatic ring is 1. The van der Waals surface area contributed by atoms with Gasteiger partial charge >= 0.3 is 0 Å². The summed E-state index contributed by atoms with van der Waals surface area (Å²) in [5.41, 5.74) is 12.2. The molecule has 5 nitrogen and oxygen atoms in total. The van der Waals surface area contributed by atoms with Gasteiger partial charge in [-0.25, -0.2) is 13.8 Å². The minimum absolute atomic E-state index is 0.0891. The highest BCUT2D eigenvalue weighted by Crippen LogP contribution is 2.23. The average Bonchev–Trinajstić information content (AvgIpc) is 2.54. The number of nitrogens with two attached hydrogens (primary N) is 2. The molecule has 0 fully saturated rings.